The zero-order valence-electron chi connectivity index (χ0n) is 16.2. The highest BCUT2D eigenvalue weighted by Gasteiger charge is 2.48. The van der Waals surface area contributed by atoms with Crippen LogP contribution in [0.1, 0.15) is 36.7 Å². The smallest absolute Gasteiger partial charge is 0.309 e. The van der Waals surface area contributed by atoms with Crippen molar-refractivity contribution in [1.29, 1.82) is 0 Å². The molecule has 2 aromatic carbocycles. The normalized spacial score (nSPS) is 23.9. The molecule has 0 amide bonds. The predicted molar refractivity (Wildman–Crippen MR) is 108 cm³/mol. The summed E-state index contributed by atoms with van der Waals surface area (Å²) in [6.45, 7) is 2.01. The molecule has 1 fully saturated rings. The molecule has 150 valence electrons. The number of hydrogen-bond donors (Lipinski definition) is 1. The van der Waals surface area contributed by atoms with Gasteiger partial charge in [0.05, 0.1) is 13.0 Å². The number of carbonyl (C=O) groups excluding carboxylic acids is 1. The van der Waals surface area contributed by atoms with E-state index < -0.39 is 17.4 Å². The van der Waals surface area contributed by atoms with Crippen molar-refractivity contribution in [3.8, 4) is 0 Å². The van der Waals surface area contributed by atoms with Gasteiger partial charge in [-0.1, -0.05) is 60.7 Å². The SMILES string of the molecule is CCOC(=O)CC1(O)C=CC2(C=C1)O[C@H](c1ccccc1)[C@@H](c1ccccc1)O2. The quantitative estimate of drug-likeness (QED) is 0.615. The molecule has 0 bridgehead atoms. The number of ether oxygens (including phenoxy) is 3. The van der Waals surface area contributed by atoms with Crippen LogP contribution in [0, 0.1) is 0 Å². The van der Waals surface area contributed by atoms with Crippen LogP contribution in [0.15, 0.2) is 85.0 Å². The van der Waals surface area contributed by atoms with Crippen LogP contribution in [0.5, 0.6) is 0 Å². The third-order valence-electron chi connectivity index (χ3n) is 5.09. The van der Waals surface area contributed by atoms with Crippen molar-refractivity contribution in [2.75, 3.05) is 6.61 Å². The van der Waals surface area contributed by atoms with E-state index in [-0.39, 0.29) is 25.2 Å². The maximum atomic E-state index is 11.8. The first kappa shape index (κ1) is 19.6. The summed E-state index contributed by atoms with van der Waals surface area (Å²) in [5.41, 5.74) is 0.594. The average Bonchev–Trinajstić information content (AvgIpc) is 3.12. The lowest BCUT2D eigenvalue weighted by atomic mass is 9.92. The largest absolute Gasteiger partial charge is 0.466 e. The minimum Gasteiger partial charge on any atom is -0.466 e. The first-order valence-corrected chi connectivity index (χ1v) is 9.77. The molecule has 1 aliphatic heterocycles. The Bertz CT molecular complexity index is 840. The van der Waals surface area contributed by atoms with Gasteiger partial charge >= 0.3 is 5.97 Å². The first-order valence-electron chi connectivity index (χ1n) is 9.77. The zero-order valence-corrected chi connectivity index (χ0v) is 16.2. The number of esters is 1. The molecular weight excluding hydrogens is 368 g/mol. The lowest BCUT2D eigenvalue weighted by molar-refractivity contribution is -0.146. The second-order valence-electron chi connectivity index (χ2n) is 7.26. The van der Waals surface area contributed by atoms with Crippen molar-refractivity contribution in [1.82, 2.24) is 0 Å². The minimum atomic E-state index is -1.42. The topological polar surface area (TPSA) is 65.0 Å². The van der Waals surface area contributed by atoms with E-state index in [0.717, 1.165) is 11.1 Å². The van der Waals surface area contributed by atoms with Gasteiger partial charge in [0, 0.05) is 0 Å². The molecule has 2 atom stereocenters. The predicted octanol–water partition coefficient (Wildman–Crippen LogP) is 4.02. The lowest BCUT2D eigenvalue weighted by Gasteiger charge is -2.30. The van der Waals surface area contributed by atoms with Crippen LogP contribution in [0.3, 0.4) is 0 Å². The van der Waals surface area contributed by atoms with Gasteiger partial charge in [0.15, 0.2) is 0 Å². The molecule has 0 aromatic heterocycles. The summed E-state index contributed by atoms with van der Waals surface area (Å²) in [5, 5.41) is 10.7. The number of aliphatic hydroxyl groups is 1. The Hall–Kier alpha value is -2.73. The molecule has 1 aliphatic carbocycles. The molecule has 1 spiro atoms. The molecule has 1 saturated heterocycles. The van der Waals surface area contributed by atoms with E-state index in [4.69, 9.17) is 14.2 Å². The molecule has 4 rings (SSSR count). The molecule has 5 nitrogen and oxygen atoms in total. The summed E-state index contributed by atoms with van der Waals surface area (Å²) in [4.78, 5) is 11.8. The fourth-order valence-corrected chi connectivity index (χ4v) is 3.67. The summed E-state index contributed by atoms with van der Waals surface area (Å²) in [5.74, 6) is -1.57. The summed E-state index contributed by atoms with van der Waals surface area (Å²) in [6, 6.07) is 19.8. The van der Waals surface area contributed by atoms with E-state index in [1.165, 1.54) is 0 Å². The van der Waals surface area contributed by atoms with Crippen LogP contribution in [-0.4, -0.2) is 29.1 Å². The third kappa shape index (κ3) is 4.17. The van der Waals surface area contributed by atoms with Gasteiger partial charge in [0.1, 0.15) is 17.8 Å². The van der Waals surface area contributed by atoms with Crippen molar-refractivity contribution in [3.05, 3.63) is 96.1 Å². The summed E-state index contributed by atoms with van der Waals surface area (Å²) in [7, 11) is 0. The molecule has 5 heteroatoms. The Morgan fingerprint density at radius 1 is 0.897 bits per heavy atom. The minimum absolute atomic E-state index is 0.159. The molecule has 0 unspecified atom stereocenters. The summed E-state index contributed by atoms with van der Waals surface area (Å²) < 4.78 is 17.7. The van der Waals surface area contributed by atoms with Crippen LogP contribution in [0.4, 0.5) is 0 Å². The fourth-order valence-electron chi connectivity index (χ4n) is 3.67. The van der Waals surface area contributed by atoms with E-state index in [0.29, 0.717) is 0 Å². The number of benzene rings is 2. The van der Waals surface area contributed by atoms with Crippen LogP contribution in [-0.2, 0) is 19.0 Å². The standard InChI is InChI=1S/C24H24O5/c1-2-27-20(25)17-23(26)13-15-24(16-14-23)28-21(18-9-5-3-6-10-18)22(29-24)19-11-7-4-8-12-19/h3-16,21-22,26H,2,17H2,1H3/t21-,22-/m1/s1. The van der Waals surface area contributed by atoms with E-state index in [1.807, 2.05) is 60.7 Å². The molecule has 0 radical (unpaired) electrons. The molecule has 2 aliphatic rings. The highest BCUT2D eigenvalue weighted by atomic mass is 16.8. The summed E-state index contributed by atoms with van der Waals surface area (Å²) in [6.07, 6.45) is 5.64. The van der Waals surface area contributed by atoms with Crippen molar-refractivity contribution in [2.24, 2.45) is 0 Å². The molecule has 1 N–H and O–H groups in total. The van der Waals surface area contributed by atoms with Crippen molar-refractivity contribution < 1.29 is 24.1 Å². The van der Waals surface area contributed by atoms with Crippen molar-refractivity contribution in [2.45, 2.75) is 36.9 Å². The number of rotatable bonds is 5. The monoisotopic (exact) mass is 392 g/mol. The third-order valence-corrected chi connectivity index (χ3v) is 5.09. The van der Waals surface area contributed by atoms with E-state index in [2.05, 4.69) is 0 Å². The highest BCUT2D eigenvalue weighted by molar-refractivity contribution is 5.71. The lowest BCUT2D eigenvalue weighted by Crippen LogP contribution is -2.36. The maximum Gasteiger partial charge on any atom is 0.309 e. The average molecular weight is 392 g/mol. The Morgan fingerprint density at radius 2 is 1.38 bits per heavy atom. The second kappa shape index (κ2) is 7.95. The molecule has 1 heterocycles. The van der Waals surface area contributed by atoms with E-state index in [9.17, 15) is 9.90 Å². The fraction of sp³-hybridized carbons (Fsp3) is 0.292. The maximum absolute atomic E-state index is 11.8. The Kier molecular flexibility index (Phi) is 5.37. The van der Waals surface area contributed by atoms with Gasteiger partial charge in [-0.25, -0.2) is 0 Å². The molecule has 2 aromatic rings. The van der Waals surface area contributed by atoms with Gasteiger partial charge < -0.3 is 19.3 Å². The summed E-state index contributed by atoms with van der Waals surface area (Å²) >= 11 is 0. The molecule has 0 saturated carbocycles. The Morgan fingerprint density at radius 3 is 1.83 bits per heavy atom. The highest BCUT2D eigenvalue weighted by Crippen LogP contribution is 2.49. The van der Waals surface area contributed by atoms with Gasteiger partial charge in [-0.2, -0.15) is 0 Å². The van der Waals surface area contributed by atoms with Gasteiger partial charge in [-0.15, -0.1) is 0 Å². The van der Waals surface area contributed by atoms with Crippen molar-refractivity contribution >= 4 is 5.97 Å². The molecular formula is C24H24O5. The van der Waals surface area contributed by atoms with Crippen molar-refractivity contribution in [3.63, 3.8) is 0 Å². The number of hydrogen-bond acceptors (Lipinski definition) is 5. The Balaban J connectivity index is 1.60. The van der Waals surface area contributed by atoms with Crippen LogP contribution >= 0.6 is 0 Å². The van der Waals surface area contributed by atoms with E-state index >= 15 is 0 Å². The van der Waals surface area contributed by atoms with Gasteiger partial charge in [0.25, 0.3) is 0 Å². The van der Waals surface area contributed by atoms with E-state index in [1.54, 1.807) is 31.2 Å². The van der Waals surface area contributed by atoms with Crippen LogP contribution in [0.2, 0.25) is 0 Å². The van der Waals surface area contributed by atoms with Crippen LogP contribution < -0.4 is 0 Å². The van der Waals surface area contributed by atoms with Crippen LogP contribution in [0.25, 0.3) is 0 Å². The van der Waals surface area contributed by atoms with Gasteiger partial charge in [-0.3, -0.25) is 4.79 Å². The number of carbonyl (C=O) groups is 1. The van der Waals surface area contributed by atoms with Gasteiger partial charge in [-0.05, 0) is 42.4 Å². The molecule has 29 heavy (non-hydrogen) atoms. The van der Waals surface area contributed by atoms with Gasteiger partial charge in [0.2, 0.25) is 5.79 Å². The second-order valence-corrected chi connectivity index (χ2v) is 7.26. The Labute approximate surface area is 170 Å². The zero-order chi connectivity index (χ0) is 20.3. The first-order chi connectivity index (χ1) is 14.0.